The van der Waals surface area contributed by atoms with Crippen LogP contribution in [0.25, 0.3) is 0 Å². The van der Waals surface area contributed by atoms with Gasteiger partial charge in [0.25, 0.3) is 0 Å². The van der Waals surface area contributed by atoms with E-state index < -0.39 is 0 Å². The lowest BCUT2D eigenvalue weighted by atomic mass is 10.0. The molecule has 1 rings (SSSR count). The maximum atomic E-state index is 9.25. The minimum absolute atomic E-state index is 0.104. The SMILES string of the molecule is CNC(C)c1ccc(Br)cc1N(C)C(C)CO. The Balaban J connectivity index is 3.14. The molecule has 3 nitrogen and oxygen atoms in total. The Labute approximate surface area is 112 Å². The highest BCUT2D eigenvalue weighted by Crippen LogP contribution is 2.29. The molecular weight excluding hydrogens is 280 g/mol. The molecule has 2 unspecified atom stereocenters. The average Bonchev–Trinajstić information content (AvgIpc) is 2.35. The molecule has 0 aliphatic heterocycles. The number of likely N-dealkylation sites (N-methyl/N-ethyl adjacent to an activating group) is 1. The van der Waals surface area contributed by atoms with Crippen molar-refractivity contribution in [2.45, 2.75) is 25.9 Å². The molecule has 0 saturated carbocycles. The number of benzene rings is 1. The lowest BCUT2D eigenvalue weighted by Crippen LogP contribution is -2.33. The fourth-order valence-electron chi connectivity index (χ4n) is 1.70. The molecule has 0 spiro atoms. The Morgan fingerprint density at radius 1 is 1.41 bits per heavy atom. The number of hydrogen-bond acceptors (Lipinski definition) is 3. The highest BCUT2D eigenvalue weighted by atomic mass is 79.9. The van der Waals surface area contributed by atoms with Gasteiger partial charge >= 0.3 is 0 Å². The second-order valence-electron chi connectivity index (χ2n) is 4.36. The fraction of sp³-hybridized carbons (Fsp3) is 0.538. The van der Waals surface area contributed by atoms with Crippen LogP contribution in [0.1, 0.15) is 25.5 Å². The molecular formula is C13H21BrN2O. The fourth-order valence-corrected chi connectivity index (χ4v) is 2.05. The van der Waals surface area contributed by atoms with E-state index in [4.69, 9.17) is 0 Å². The van der Waals surface area contributed by atoms with Crippen molar-refractivity contribution >= 4 is 21.6 Å². The number of rotatable bonds is 5. The zero-order chi connectivity index (χ0) is 13.0. The zero-order valence-corrected chi connectivity index (χ0v) is 12.5. The Morgan fingerprint density at radius 2 is 2.06 bits per heavy atom. The van der Waals surface area contributed by atoms with E-state index in [1.807, 2.05) is 27.1 Å². The summed E-state index contributed by atoms with van der Waals surface area (Å²) in [6, 6.07) is 6.64. The van der Waals surface area contributed by atoms with Crippen molar-refractivity contribution in [3.05, 3.63) is 28.2 Å². The third kappa shape index (κ3) is 3.44. The van der Waals surface area contributed by atoms with E-state index in [9.17, 15) is 5.11 Å². The second kappa shape index (κ2) is 6.38. The molecule has 0 saturated heterocycles. The van der Waals surface area contributed by atoms with Crippen molar-refractivity contribution in [1.82, 2.24) is 5.32 Å². The lowest BCUT2D eigenvalue weighted by Gasteiger charge is -2.29. The molecule has 2 N–H and O–H groups in total. The second-order valence-corrected chi connectivity index (χ2v) is 5.27. The third-order valence-electron chi connectivity index (χ3n) is 3.20. The van der Waals surface area contributed by atoms with Gasteiger partial charge in [-0.3, -0.25) is 0 Å². The summed E-state index contributed by atoms with van der Waals surface area (Å²) in [6.07, 6.45) is 0. The van der Waals surface area contributed by atoms with Gasteiger partial charge in [0, 0.05) is 29.3 Å². The molecule has 0 bridgehead atoms. The van der Waals surface area contributed by atoms with E-state index in [1.54, 1.807) is 0 Å². The van der Waals surface area contributed by atoms with Crippen LogP contribution in [0.2, 0.25) is 0 Å². The summed E-state index contributed by atoms with van der Waals surface area (Å²) in [5.41, 5.74) is 2.38. The Bertz CT molecular complexity index is 370. The van der Waals surface area contributed by atoms with E-state index in [0.29, 0.717) is 0 Å². The van der Waals surface area contributed by atoms with Gasteiger partial charge in [-0.15, -0.1) is 0 Å². The van der Waals surface area contributed by atoms with Gasteiger partial charge in [0.1, 0.15) is 0 Å². The number of nitrogens with one attached hydrogen (secondary N) is 1. The highest BCUT2D eigenvalue weighted by molar-refractivity contribution is 9.10. The summed E-state index contributed by atoms with van der Waals surface area (Å²) in [7, 11) is 3.96. The van der Waals surface area contributed by atoms with Crippen molar-refractivity contribution in [2.75, 3.05) is 25.6 Å². The minimum Gasteiger partial charge on any atom is -0.394 e. The number of halogens is 1. The van der Waals surface area contributed by atoms with Crippen LogP contribution in [0.15, 0.2) is 22.7 Å². The van der Waals surface area contributed by atoms with Crippen LogP contribution in [0.4, 0.5) is 5.69 Å². The predicted molar refractivity (Wildman–Crippen MR) is 76.6 cm³/mol. The number of anilines is 1. The van der Waals surface area contributed by atoms with E-state index in [-0.39, 0.29) is 18.7 Å². The van der Waals surface area contributed by atoms with Gasteiger partial charge in [-0.2, -0.15) is 0 Å². The first-order valence-electron chi connectivity index (χ1n) is 5.81. The first-order valence-corrected chi connectivity index (χ1v) is 6.61. The molecule has 0 amide bonds. The van der Waals surface area contributed by atoms with Gasteiger partial charge in [0.15, 0.2) is 0 Å². The molecule has 0 fully saturated rings. The Hall–Kier alpha value is -0.580. The first-order chi connectivity index (χ1) is 8.01. The van der Waals surface area contributed by atoms with Gasteiger partial charge in [-0.1, -0.05) is 22.0 Å². The molecule has 0 aliphatic rings. The minimum atomic E-state index is 0.104. The molecule has 0 heterocycles. The van der Waals surface area contributed by atoms with Crippen LogP contribution < -0.4 is 10.2 Å². The number of aliphatic hydroxyl groups is 1. The molecule has 96 valence electrons. The topological polar surface area (TPSA) is 35.5 Å². The summed E-state index contributed by atoms with van der Waals surface area (Å²) in [5.74, 6) is 0. The Morgan fingerprint density at radius 3 is 2.59 bits per heavy atom. The van der Waals surface area contributed by atoms with Gasteiger partial charge in [0.05, 0.1) is 6.61 Å². The average molecular weight is 301 g/mol. The van der Waals surface area contributed by atoms with Crippen molar-refractivity contribution < 1.29 is 5.11 Å². The van der Waals surface area contributed by atoms with Crippen LogP contribution >= 0.6 is 15.9 Å². The third-order valence-corrected chi connectivity index (χ3v) is 3.69. The van der Waals surface area contributed by atoms with Gasteiger partial charge in [-0.25, -0.2) is 0 Å². The van der Waals surface area contributed by atoms with Crippen molar-refractivity contribution in [3.8, 4) is 0 Å². The normalized spacial score (nSPS) is 14.5. The quantitative estimate of drug-likeness (QED) is 0.877. The monoisotopic (exact) mass is 300 g/mol. The van der Waals surface area contributed by atoms with E-state index >= 15 is 0 Å². The molecule has 2 atom stereocenters. The van der Waals surface area contributed by atoms with Gasteiger partial charge < -0.3 is 15.3 Å². The summed E-state index contributed by atoms with van der Waals surface area (Å²) in [6.45, 7) is 4.29. The number of nitrogens with zero attached hydrogens (tertiary/aromatic N) is 1. The van der Waals surface area contributed by atoms with E-state index in [1.165, 1.54) is 5.56 Å². The van der Waals surface area contributed by atoms with Crippen LogP contribution in [0, 0.1) is 0 Å². The molecule has 0 aromatic heterocycles. The van der Waals surface area contributed by atoms with E-state index in [0.717, 1.165) is 10.2 Å². The van der Waals surface area contributed by atoms with Gasteiger partial charge in [-0.05, 0) is 38.6 Å². The molecule has 0 aliphatic carbocycles. The van der Waals surface area contributed by atoms with Crippen LogP contribution in [-0.4, -0.2) is 31.9 Å². The largest absolute Gasteiger partial charge is 0.394 e. The molecule has 4 heteroatoms. The summed E-state index contributed by atoms with van der Waals surface area (Å²) in [4.78, 5) is 2.11. The predicted octanol–water partition coefficient (Wildman–Crippen LogP) is 2.55. The number of hydrogen-bond donors (Lipinski definition) is 2. The standard InChI is InChI=1S/C13H21BrN2O/c1-9(8-17)16(4)13-7-11(14)5-6-12(13)10(2)15-3/h5-7,9-10,15,17H,8H2,1-4H3. The van der Waals surface area contributed by atoms with Gasteiger partial charge in [0.2, 0.25) is 0 Å². The molecule has 17 heavy (non-hydrogen) atoms. The van der Waals surface area contributed by atoms with Crippen molar-refractivity contribution in [3.63, 3.8) is 0 Å². The van der Waals surface area contributed by atoms with Crippen LogP contribution in [0.5, 0.6) is 0 Å². The Kier molecular flexibility index (Phi) is 5.43. The van der Waals surface area contributed by atoms with Crippen molar-refractivity contribution in [2.24, 2.45) is 0 Å². The summed E-state index contributed by atoms with van der Waals surface area (Å²) in [5, 5.41) is 12.5. The van der Waals surface area contributed by atoms with Crippen LogP contribution in [-0.2, 0) is 0 Å². The molecule has 1 aromatic rings. The van der Waals surface area contributed by atoms with E-state index in [2.05, 4.69) is 45.2 Å². The highest BCUT2D eigenvalue weighted by Gasteiger charge is 2.16. The maximum absolute atomic E-state index is 9.25. The maximum Gasteiger partial charge on any atom is 0.0632 e. The lowest BCUT2D eigenvalue weighted by molar-refractivity contribution is 0.270. The zero-order valence-electron chi connectivity index (χ0n) is 10.9. The van der Waals surface area contributed by atoms with Crippen molar-refractivity contribution in [1.29, 1.82) is 0 Å². The number of aliphatic hydroxyl groups excluding tert-OH is 1. The molecule has 1 aromatic carbocycles. The first kappa shape index (κ1) is 14.5. The smallest absolute Gasteiger partial charge is 0.0632 e. The van der Waals surface area contributed by atoms with Crippen LogP contribution in [0.3, 0.4) is 0 Å². The molecule has 0 radical (unpaired) electrons. The summed E-state index contributed by atoms with van der Waals surface area (Å²) < 4.78 is 1.05. The summed E-state index contributed by atoms with van der Waals surface area (Å²) >= 11 is 3.50.